The number of allylic oxidation sites excluding steroid dienone is 1. The van der Waals surface area contributed by atoms with Crippen LogP contribution in [0.5, 0.6) is 0 Å². The van der Waals surface area contributed by atoms with Gasteiger partial charge in [0.2, 0.25) is 0 Å². The van der Waals surface area contributed by atoms with Crippen LogP contribution >= 0.6 is 0 Å². The smallest absolute Gasteiger partial charge is 0.0495 e. The molecule has 2 nitrogen and oxygen atoms in total. The maximum absolute atomic E-state index is 4.27. The molecule has 1 aromatic carbocycles. The zero-order valence-electron chi connectivity index (χ0n) is 16.6. The van der Waals surface area contributed by atoms with E-state index in [2.05, 4.69) is 41.6 Å². The minimum absolute atomic E-state index is 0.396. The summed E-state index contributed by atoms with van der Waals surface area (Å²) in [7, 11) is 1.99. The second-order valence-corrected chi connectivity index (χ2v) is 8.19. The maximum atomic E-state index is 4.27. The van der Waals surface area contributed by atoms with Crippen molar-refractivity contribution >= 4 is 0 Å². The van der Waals surface area contributed by atoms with Crippen LogP contribution in [0.2, 0.25) is 0 Å². The summed E-state index contributed by atoms with van der Waals surface area (Å²) in [6.07, 6.45) is 13.7. The molecule has 0 bridgehead atoms. The molecule has 0 aromatic heterocycles. The van der Waals surface area contributed by atoms with E-state index >= 15 is 0 Å². The van der Waals surface area contributed by atoms with Crippen LogP contribution in [0.3, 0.4) is 0 Å². The van der Waals surface area contributed by atoms with Gasteiger partial charge in [0, 0.05) is 31.9 Å². The lowest BCUT2D eigenvalue weighted by Crippen LogP contribution is -2.42. The summed E-state index contributed by atoms with van der Waals surface area (Å²) in [5.41, 5.74) is 5.77. The predicted molar refractivity (Wildman–Crippen MR) is 112 cm³/mol. The van der Waals surface area contributed by atoms with E-state index in [0.717, 1.165) is 44.0 Å². The van der Waals surface area contributed by atoms with Gasteiger partial charge in [-0.25, -0.2) is 0 Å². The highest BCUT2D eigenvalue weighted by atomic mass is 15.2. The largest absolute Gasteiger partial charge is 0.391 e. The highest BCUT2D eigenvalue weighted by Gasteiger charge is 2.25. The number of likely N-dealkylation sites (N-methyl/N-ethyl adjacent to an activating group) is 1. The average Bonchev–Trinajstić information content (AvgIpc) is 2.68. The first-order valence-corrected chi connectivity index (χ1v) is 10.5. The van der Waals surface area contributed by atoms with E-state index in [1.54, 1.807) is 11.1 Å². The molecule has 1 aliphatic carbocycles. The maximum Gasteiger partial charge on any atom is 0.0495 e. The third-order valence-corrected chi connectivity index (χ3v) is 6.37. The summed E-state index contributed by atoms with van der Waals surface area (Å²) >= 11 is 0. The zero-order chi connectivity index (χ0) is 18.4. The summed E-state index contributed by atoms with van der Waals surface area (Å²) in [5.74, 6) is 0.908. The molecule has 1 aliphatic heterocycles. The van der Waals surface area contributed by atoms with Gasteiger partial charge in [0.1, 0.15) is 0 Å². The minimum Gasteiger partial charge on any atom is -0.391 e. The minimum atomic E-state index is 0.396. The first-order chi connectivity index (χ1) is 12.7. The van der Waals surface area contributed by atoms with Gasteiger partial charge in [-0.05, 0) is 48.3 Å². The molecule has 2 aliphatic rings. The molecule has 3 rings (SSSR count). The molecule has 0 spiro atoms. The third-order valence-electron chi connectivity index (χ3n) is 6.37. The van der Waals surface area contributed by atoms with E-state index in [4.69, 9.17) is 0 Å². The molecule has 1 atom stereocenters. The van der Waals surface area contributed by atoms with Crippen molar-refractivity contribution in [1.82, 2.24) is 10.2 Å². The zero-order valence-corrected chi connectivity index (χ0v) is 16.6. The Morgan fingerprint density at radius 3 is 2.81 bits per heavy atom. The van der Waals surface area contributed by atoms with Crippen molar-refractivity contribution in [3.63, 3.8) is 0 Å². The summed E-state index contributed by atoms with van der Waals surface area (Å²) in [5, 5.41) is 3.29. The van der Waals surface area contributed by atoms with Crippen molar-refractivity contribution in [2.75, 3.05) is 13.6 Å². The molecule has 1 aromatic rings. The van der Waals surface area contributed by atoms with Crippen LogP contribution in [0, 0.1) is 5.92 Å². The average molecular weight is 353 g/mol. The van der Waals surface area contributed by atoms with Gasteiger partial charge in [0.25, 0.3) is 0 Å². The van der Waals surface area contributed by atoms with Gasteiger partial charge >= 0.3 is 0 Å². The number of nitrogens with zero attached hydrogens (tertiary/aromatic N) is 1. The van der Waals surface area contributed by atoms with Gasteiger partial charge in [-0.15, -0.1) is 6.58 Å². The van der Waals surface area contributed by atoms with E-state index in [1.807, 2.05) is 13.1 Å². The summed E-state index contributed by atoms with van der Waals surface area (Å²) in [6.45, 7) is 10.3. The Bertz CT molecular complexity index is 613. The molecule has 1 unspecified atom stereocenters. The quantitative estimate of drug-likeness (QED) is 0.644. The molecule has 26 heavy (non-hydrogen) atoms. The van der Waals surface area contributed by atoms with Crippen molar-refractivity contribution in [3.8, 4) is 0 Å². The Morgan fingerprint density at radius 1 is 1.27 bits per heavy atom. The van der Waals surface area contributed by atoms with Gasteiger partial charge in [-0.2, -0.15) is 0 Å². The van der Waals surface area contributed by atoms with Crippen LogP contribution in [0.4, 0.5) is 0 Å². The van der Waals surface area contributed by atoms with Crippen LogP contribution in [0.25, 0.3) is 0 Å². The molecule has 1 heterocycles. The van der Waals surface area contributed by atoms with E-state index in [9.17, 15) is 0 Å². The monoisotopic (exact) mass is 352 g/mol. The van der Waals surface area contributed by atoms with E-state index < -0.39 is 0 Å². The standard InChI is InChI=1S/C24H36N2/c1-4-5-11-24(19(2)25-3)26-15-14-22-13-12-21(17-23(22)18-26)16-20-9-7-6-8-10-20/h4,12-13,17,20,24-25H,1-2,5-11,14-16,18H2,3H3. The van der Waals surface area contributed by atoms with Crippen molar-refractivity contribution in [2.24, 2.45) is 5.92 Å². The molecule has 0 amide bonds. The van der Waals surface area contributed by atoms with Gasteiger partial charge in [-0.1, -0.05) is 63.0 Å². The fourth-order valence-corrected chi connectivity index (χ4v) is 4.77. The van der Waals surface area contributed by atoms with E-state index in [-0.39, 0.29) is 0 Å². The molecule has 0 radical (unpaired) electrons. The third kappa shape index (κ3) is 4.79. The fourth-order valence-electron chi connectivity index (χ4n) is 4.77. The number of benzene rings is 1. The lowest BCUT2D eigenvalue weighted by molar-refractivity contribution is 0.190. The van der Waals surface area contributed by atoms with Crippen LogP contribution in [-0.2, 0) is 19.4 Å². The van der Waals surface area contributed by atoms with Gasteiger partial charge in [0.15, 0.2) is 0 Å². The Labute approximate surface area is 160 Å². The Hall–Kier alpha value is -1.54. The first kappa shape index (κ1) is 19.2. The molecule has 1 fully saturated rings. The number of hydrogen-bond donors (Lipinski definition) is 1. The number of hydrogen-bond acceptors (Lipinski definition) is 2. The number of nitrogens with one attached hydrogen (secondary N) is 1. The summed E-state index contributed by atoms with van der Waals surface area (Å²) < 4.78 is 0. The normalized spacial score (nSPS) is 19.6. The molecular weight excluding hydrogens is 316 g/mol. The summed E-state index contributed by atoms with van der Waals surface area (Å²) in [6, 6.07) is 7.69. The van der Waals surface area contributed by atoms with Gasteiger partial charge in [-0.3, -0.25) is 4.90 Å². The van der Waals surface area contributed by atoms with Crippen molar-refractivity contribution in [2.45, 2.75) is 70.4 Å². The van der Waals surface area contributed by atoms with Crippen molar-refractivity contribution in [1.29, 1.82) is 0 Å². The SMILES string of the molecule is C=CCCC(C(=C)NC)N1CCc2ccc(CC3CCCCC3)cc2C1. The van der Waals surface area contributed by atoms with Crippen molar-refractivity contribution < 1.29 is 0 Å². The molecule has 0 saturated heterocycles. The number of rotatable bonds is 8. The number of fused-ring (bicyclic) bond motifs is 1. The first-order valence-electron chi connectivity index (χ1n) is 10.5. The predicted octanol–water partition coefficient (Wildman–Crippen LogP) is 5.24. The molecule has 2 heteroatoms. The summed E-state index contributed by atoms with van der Waals surface area (Å²) in [4.78, 5) is 2.61. The van der Waals surface area contributed by atoms with E-state index in [1.165, 1.54) is 44.1 Å². The highest BCUT2D eigenvalue weighted by Crippen LogP contribution is 2.29. The molecule has 142 valence electrons. The molecule has 1 N–H and O–H groups in total. The Morgan fingerprint density at radius 2 is 2.08 bits per heavy atom. The fraction of sp³-hybridized carbons (Fsp3) is 0.583. The Balaban J connectivity index is 1.69. The molecule has 1 saturated carbocycles. The lowest BCUT2D eigenvalue weighted by atomic mass is 9.84. The molecular formula is C24H36N2. The van der Waals surface area contributed by atoms with E-state index in [0.29, 0.717) is 6.04 Å². The second kappa shape index (κ2) is 9.41. The lowest BCUT2D eigenvalue weighted by Gasteiger charge is -2.37. The van der Waals surface area contributed by atoms with Crippen molar-refractivity contribution in [3.05, 3.63) is 59.8 Å². The Kier molecular flexibility index (Phi) is 6.96. The second-order valence-electron chi connectivity index (χ2n) is 8.19. The van der Waals surface area contributed by atoms with Crippen LogP contribution in [0.1, 0.15) is 61.6 Å². The van der Waals surface area contributed by atoms with Gasteiger partial charge < -0.3 is 5.32 Å². The van der Waals surface area contributed by atoms with Crippen LogP contribution < -0.4 is 5.32 Å². The van der Waals surface area contributed by atoms with Gasteiger partial charge in [0.05, 0.1) is 0 Å². The van der Waals surface area contributed by atoms with Crippen LogP contribution in [-0.4, -0.2) is 24.5 Å². The topological polar surface area (TPSA) is 15.3 Å². The highest BCUT2D eigenvalue weighted by molar-refractivity contribution is 5.34. The van der Waals surface area contributed by atoms with Crippen LogP contribution in [0.15, 0.2) is 43.1 Å².